The first-order valence-corrected chi connectivity index (χ1v) is 3.17. The summed E-state index contributed by atoms with van der Waals surface area (Å²) in [5.41, 5.74) is 0. The van der Waals surface area contributed by atoms with E-state index in [0.29, 0.717) is 0 Å². The van der Waals surface area contributed by atoms with E-state index in [1.807, 2.05) is 30.3 Å². The monoisotopic (exact) mass is 212 g/mol. The molecule has 0 heterocycles. The molecule has 0 fully saturated rings. The van der Waals surface area contributed by atoms with E-state index in [4.69, 9.17) is 0 Å². The summed E-state index contributed by atoms with van der Waals surface area (Å²) in [6, 6.07) is 10.0. The minimum Gasteiger partial charge on any atom is -0.214 e. The Morgan fingerprint density at radius 1 is 0.667 bits per heavy atom. The minimum atomic E-state index is 0. The number of rotatable bonds is 0. The van der Waals surface area contributed by atoms with Gasteiger partial charge >= 0.3 is 17.1 Å². The van der Waals surface area contributed by atoms with E-state index in [0.717, 1.165) is 0 Å². The molecule has 0 saturated heterocycles. The van der Waals surface area contributed by atoms with Crippen LogP contribution >= 0.6 is 0 Å². The number of hydrogen-bond donors (Lipinski definition) is 0. The van der Waals surface area contributed by atoms with Crippen molar-refractivity contribution in [2.24, 2.45) is 0 Å². The Morgan fingerprint density at radius 2 is 0.917 bits per heavy atom. The zero-order valence-corrected chi connectivity index (χ0v) is 8.37. The third-order valence-corrected chi connectivity index (χ3v) is 0.556. The maximum Gasteiger partial charge on any atom is 1.00 e. The summed E-state index contributed by atoms with van der Waals surface area (Å²) in [4.78, 5) is 0. The molecule has 0 atom stereocenters. The molecule has 1 aromatic rings. The van der Waals surface area contributed by atoms with Gasteiger partial charge in [-0.15, -0.1) is 39.5 Å². The average molecular weight is 213 g/mol. The fourth-order valence-corrected chi connectivity index (χ4v) is 0.321. The van der Waals surface area contributed by atoms with Gasteiger partial charge in [0.1, 0.15) is 0 Å². The Hall–Kier alpha value is -0.911. The minimum absolute atomic E-state index is 0. The molecular formula is C11H17Cu. The average Bonchev–Trinajstić information content (AvgIpc) is 2.71. The first-order valence-electron chi connectivity index (χ1n) is 3.17. The third-order valence-electron chi connectivity index (χ3n) is 0.556. The molecule has 0 radical (unpaired) electrons. The Balaban J connectivity index is -0.0000000406. The van der Waals surface area contributed by atoms with E-state index in [1.165, 1.54) is 0 Å². The van der Waals surface area contributed by atoms with Crippen LogP contribution in [0.25, 0.3) is 0 Å². The van der Waals surface area contributed by atoms with Gasteiger partial charge in [0.25, 0.3) is 0 Å². The number of hydrogen-bond acceptors (Lipinski definition) is 0. The molecule has 0 aliphatic carbocycles. The van der Waals surface area contributed by atoms with Crippen LogP contribution in [0.3, 0.4) is 0 Å². The van der Waals surface area contributed by atoms with Gasteiger partial charge in [-0.25, -0.2) is 12.1 Å². The zero-order chi connectivity index (χ0) is 9.54. The third kappa shape index (κ3) is 35.6. The summed E-state index contributed by atoms with van der Waals surface area (Å²) < 4.78 is 0. The second kappa shape index (κ2) is 49.8. The van der Waals surface area contributed by atoms with E-state index in [-0.39, 0.29) is 17.1 Å². The van der Waals surface area contributed by atoms with Crippen molar-refractivity contribution in [3.8, 4) is 0 Å². The summed E-state index contributed by atoms with van der Waals surface area (Å²) in [5, 5.41) is 0. The molecule has 1 heteroatoms. The summed E-state index contributed by atoms with van der Waals surface area (Å²) in [6.07, 6.45) is 0. The van der Waals surface area contributed by atoms with Crippen LogP contribution in [0.15, 0.2) is 69.8 Å². The standard InChI is InChI=1S/C5H5.3C2H4.Cu/c1-2-4-5-3-1;3*1-2;/h1-5H;3*1-2H2;/q-1;;;;+1. The molecular weight excluding hydrogens is 196 g/mol. The van der Waals surface area contributed by atoms with Crippen LogP contribution in [0.4, 0.5) is 0 Å². The van der Waals surface area contributed by atoms with Gasteiger partial charge in [0.15, 0.2) is 0 Å². The Kier molecular flexibility index (Phi) is 93.3. The maximum absolute atomic E-state index is 3.00. The van der Waals surface area contributed by atoms with Crippen molar-refractivity contribution in [3.05, 3.63) is 69.8 Å². The SMILES string of the molecule is C=C.C=C.C=C.[Cu+].c1cc[cH-]c1. The van der Waals surface area contributed by atoms with E-state index in [1.54, 1.807) is 0 Å². The van der Waals surface area contributed by atoms with Gasteiger partial charge in [-0.05, 0) is 0 Å². The first kappa shape index (κ1) is 22.5. The van der Waals surface area contributed by atoms with Crippen molar-refractivity contribution in [2.75, 3.05) is 0 Å². The van der Waals surface area contributed by atoms with Gasteiger partial charge in [0.05, 0.1) is 0 Å². The molecule has 0 aliphatic heterocycles. The van der Waals surface area contributed by atoms with Crippen LogP contribution in [-0.2, 0) is 17.1 Å². The summed E-state index contributed by atoms with van der Waals surface area (Å²) in [5.74, 6) is 0. The van der Waals surface area contributed by atoms with Crippen LogP contribution in [0.2, 0.25) is 0 Å². The smallest absolute Gasteiger partial charge is 0.214 e. The summed E-state index contributed by atoms with van der Waals surface area (Å²) in [6.45, 7) is 18.0. The van der Waals surface area contributed by atoms with Crippen molar-refractivity contribution >= 4 is 0 Å². The van der Waals surface area contributed by atoms with Crippen LogP contribution in [0, 0.1) is 0 Å². The van der Waals surface area contributed by atoms with Crippen LogP contribution in [-0.4, -0.2) is 0 Å². The van der Waals surface area contributed by atoms with Crippen molar-refractivity contribution in [3.63, 3.8) is 0 Å². The molecule has 72 valence electrons. The Morgan fingerprint density at radius 3 is 1.00 bits per heavy atom. The summed E-state index contributed by atoms with van der Waals surface area (Å²) >= 11 is 0. The van der Waals surface area contributed by atoms with E-state index >= 15 is 0 Å². The summed E-state index contributed by atoms with van der Waals surface area (Å²) in [7, 11) is 0. The Labute approximate surface area is 87.2 Å². The van der Waals surface area contributed by atoms with Gasteiger partial charge in [-0.2, -0.15) is 18.2 Å². The second-order valence-corrected chi connectivity index (χ2v) is 0.962. The van der Waals surface area contributed by atoms with E-state index < -0.39 is 0 Å². The van der Waals surface area contributed by atoms with Gasteiger partial charge in [-0.3, -0.25) is 0 Å². The molecule has 1 rings (SSSR count). The molecule has 0 nitrogen and oxygen atoms in total. The first-order chi connectivity index (χ1) is 5.50. The molecule has 0 N–H and O–H groups in total. The predicted molar refractivity (Wildman–Crippen MR) is 55.8 cm³/mol. The van der Waals surface area contributed by atoms with Gasteiger partial charge in [0.2, 0.25) is 0 Å². The van der Waals surface area contributed by atoms with E-state index in [2.05, 4.69) is 39.5 Å². The fourth-order valence-electron chi connectivity index (χ4n) is 0.321. The molecule has 0 aromatic heterocycles. The predicted octanol–water partition coefficient (Wildman–Crippen LogP) is 3.81. The van der Waals surface area contributed by atoms with Crippen LogP contribution in [0.5, 0.6) is 0 Å². The largest absolute Gasteiger partial charge is 1.00 e. The molecule has 1 aromatic carbocycles. The van der Waals surface area contributed by atoms with Crippen molar-refractivity contribution in [1.82, 2.24) is 0 Å². The fraction of sp³-hybridized carbons (Fsp3) is 0. The van der Waals surface area contributed by atoms with Crippen LogP contribution in [0.1, 0.15) is 0 Å². The molecule has 0 aliphatic rings. The topological polar surface area (TPSA) is 0 Å². The molecule has 12 heavy (non-hydrogen) atoms. The normalized spacial score (nSPS) is 4.33. The van der Waals surface area contributed by atoms with Crippen molar-refractivity contribution in [2.45, 2.75) is 0 Å². The van der Waals surface area contributed by atoms with Crippen molar-refractivity contribution < 1.29 is 17.1 Å². The molecule has 0 unspecified atom stereocenters. The van der Waals surface area contributed by atoms with Gasteiger partial charge < -0.3 is 0 Å². The zero-order valence-electron chi connectivity index (χ0n) is 7.43. The Bertz CT molecular complexity index is 88.6. The van der Waals surface area contributed by atoms with Gasteiger partial charge in [0, 0.05) is 0 Å². The second-order valence-electron chi connectivity index (χ2n) is 0.962. The molecule has 0 saturated carbocycles. The van der Waals surface area contributed by atoms with Crippen LogP contribution < -0.4 is 0 Å². The van der Waals surface area contributed by atoms with E-state index in [9.17, 15) is 0 Å². The quantitative estimate of drug-likeness (QED) is 0.349. The molecule has 0 spiro atoms. The van der Waals surface area contributed by atoms with Gasteiger partial charge in [-0.1, -0.05) is 0 Å². The molecule has 0 amide bonds. The molecule has 0 bridgehead atoms. The maximum atomic E-state index is 3.00. The van der Waals surface area contributed by atoms with Crippen molar-refractivity contribution in [1.29, 1.82) is 0 Å².